The highest BCUT2D eigenvalue weighted by Gasteiger charge is 2.20. The van der Waals surface area contributed by atoms with Gasteiger partial charge in [0.25, 0.3) is 5.91 Å². The second-order valence-electron chi connectivity index (χ2n) is 5.00. The number of benzene rings is 1. The van der Waals surface area contributed by atoms with E-state index in [0.717, 1.165) is 0 Å². The van der Waals surface area contributed by atoms with Gasteiger partial charge in [0.05, 0.1) is 15.5 Å². The highest BCUT2D eigenvalue weighted by atomic mass is 35.5. The molecular formula is C13H15ClN4O3S2. The van der Waals surface area contributed by atoms with Crippen molar-refractivity contribution in [1.29, 1.82) is 0 Å². The molecule has 1 aromatic heterocycles. The molecule has 2 N–H and O–H groups in total. The van der Waals surface area contributed by atoms with Gasteiger partial charge in [-0.05, 0) is 39.0 Å². The molecule has 124 valence electrons. The minimum Gasteiger partial charge on any atom is -0.296 e. The van der Waals surface area contributed by atoms with Crippen molar-refractivity contribution in [3.05, 3.63) is 33.8 Å². The summed E-state index contributed by atoms with van der Waals surface area (Å²) in [6, 6.07) is 3.68. The summed E-state index contributed by atoms with van der Waals surface area (Å²) in [6.07, 6.45) is 0. The van der Waals surface area contributed by atoms with Crippen molar-refractivity contribution in [3.8, 4) is 0 Å². The molecule has 0 saturated carbocycles. The Morgan fingerprint density at radius 3 is 2.57 bits per heavy atom. The molecule has 1 heterocycles. The Balaban J connectivity index is 2.32. The summed E-state index contributed by atoms with van der Waals surface area (Å²) in [5.41, 5.74) is 0.0474. The van der Waals surface area contributed by atoms with Crippen LogP contribution in [0.15, 0.2) is 23.1 Å². The lowest BCUT2D eigenvalue weighted by Crippen LogP contribution is -2.30. The van der Waals surface area contributed by atoms with Crippen molar-refractivity contribution < 1.29 is 13.2 Å². The van der Waals surface area contributed by atoms with Crippen LogP contribution in [-0.2, 0) is 10.0 Å². The second kappa shape index (κ2) is 6.91. The topological polar surface area (TPSA) is 101 Å². The highest BCUT2D eigenvalue weighted by molar-refractivity contribution is 7.89. The van der Waals surface area contributed by atoms with Crippen molar-refractivity contribution >= 4 is 44.0 Å². The quantitative estimate of drug-likeness (QED) is 0.837. The summed E-state index contributed by atoms with van der Waals surface area (Å²) in [5.74, 6) is -0.548. The van der Waals surface area contributed by atoms with Crippen molar-refractivity contribution in [2.24, 2.45) is 0 Å². The Labute approximate surface area is 143 Å². The van der Waals surface area contributed by atoms with Crippen LogP contribution in [-0.4, -0.2) is 30.6 Å². The minimum atomic E-state index is -3.72. The van der Waals surface area contributed by atoms with E-state index in [4.69, 9.17) is 11.6 Å². The number of rotatable bonds is 5. The van der Waals surface area contributed by atoms with Gasteiger partial charge >= 0.3 is 0 Å². The molecule has 0 atom stereocenters. The number of aryl methyl sites for hydroxylation is 1. The van der Waals surface area contributed by atoms with Crippen LogP contribution in [0.1, 0.15) is 29.2 Å². The third kappa shape index (κ3) is 4.47. The van der Waals surface area contributed by atoms with Gasteiger partial charge in [0, 0.05) is 6.04 Å². The summed E-state index contributed by atoms with van der Waals surface area (Å²) >= 11 is 7.22. The number of carbonyl (C=O) groups is 1. The van der Waals surface area contributed by atoms with Crippen LogP contribution in [0.5, 0.6) is 0 Å². The molecule has 10 heteroatoms. The van der Waals surface area contributed by atoms with Crippen LogP contribution < -0.4 is 10.0 Å². The van der Waals surface area contributed by atoms with E-state index in [1.54, 1.807) is 20.8 Å². The molecule has 1 amide bonds. The largest absolute Gasteiger partial charge is 0.296 e. The number of carbonyl (C=O) groups excluding carboxylic acids is 1. The monoisotopic (exact) mass is 374 g/mol. The van der Waals surface area contributed by atoms with Gasteiger partial charge in [-0.15, -0.1) is 10.2 Å². The first-order chi connectivity index (χ1) is 10.7. The van der Waals surface area contributed by atoms with Crippen LogP contribution in [0.4, 0.5) is 5.13 Å². The predicted molar refractivity (Wildman–Crippen MR) is 89.5 cm³/mol. The molecule has 23 heavy (non-hydrogen) atoms. The normalized spacial score (nSPS) is 11.7. The molecule has 0 aliphatic rings. The maximum Gasteiger partial charge on any atom is 0.259 e. The molecule has 0 bridgehead atoms. The number of amides is 1. The van der Waals surface area contributed by atoms with E-state index >= 15 is 0 Å². The van der Waals surface area contributed by atoms with E-state index in [1.807, 2.05) is 0 Å². The molecule has 1 aromatic carbocycles. The molecule has 0 fully saturated rings. The van der Waals surface area contributed by atoms with Gasteiger partial charge in [0.15, 0.2) is 0 Å². The van der Waals surface area contributed by atoms with Crippen molar-refractivity contribution in [2.45, 2.75) is 31.7 Å². The molecule has 0 aliphatic carbocycles. The summed E-state index contributed by atoms with van der Waals surface area (Å²) < 4.78 is 26.8. The standard InChI is InChI=1S/C13H15ClN4O3S2/c1-7(2)18-23(20,21)9-4-5-11(14)10(6-9)12(19)15-13-17-16-8(3)22-13/h4-7,18H,1-3H3,(H,15,17,19). The predicted octanol–water partition coefficient (Wildman–Crippen LogP) is 2.44. The Morgan fingerprint density at radius 1 is 1.30 bits per heavy atom. The van der Waals surface area contributed by atoms with Gasteiger partial charge in [-0.3, -0.25) is 10.1 Å². The minimum absolute atomic E-state index is 0.0332. The fourth-order valence-electron chi connectivity index (χ4n) is 1.74. The number of anilines is 1. The fourth-order valence-corrected chi connectivity index (χ4v) is 3.80. The summed E-state index contributed by atoms with van der Waals surface area (Å²) in [4.78, 5) is 12.2. The van der Waals surface area contributed by atoms with Crippen LogP contribution in [0.2, 0.25) is 5.02 Å². The molecule has 7 nitrogen and oxygen atoms in total. The number of hydrogen-bond acceptors (Lipinski definition) is 6. The molecule has 0 unspecified atom stereocenters. The maximum atomic E-state index is 12.3. The van der Waals surface area contributed by atoms with Gasteiger partial charge < -0.3 is 0 Å². The molecule has 0 spiro atoms. The first-order valence-corrected chi connectivity index (χ1v) is 9.30. The highest BCUT2D eigenvalue weighted by Crippen LogP contribution is 2.23. The number of hydrogen-bond donors (Lipinski definition) is 2. The number of aromatic nitrogens is 2. The van der Waals surface area contributed by atoms with Crippen LogP contribution in [0, 0.1) is 6.92 Å². The average Bonchev–Trinajstić information content (AvgIpc) is 2.82. The molecule has 0 radical (unpaired) electrons. The first-order valence-electron chi connectivity index (χ1n) is 6.62. The Kier molecular flexibility index (Phi) is 5.35. The zero-order valence-corrected chi connectivity index (χ0v) is 15.0. The Hall–Kier alpha value is -1.55. The van der Waals surface area contributed by atoms with E-state index in [-0.39, 0.29) is 21.5 Å². The van der Waals surface area contributed by atoms with Gasteiger partial charge in [0.2, 0.25) is 15.2 Å². The Morgan fingerprint density at radius 2 is 2.00 bits per heavy atom. The molecule has 2 rings (SSSR count). The second-order valence-corrected chi connectivity index (χ2v) is 8.30. The summed E-state index contributed by atoms with van der Waals surface area (Å²) in [7, 11) is -3.72. The number of sulfonamides is 1. The lowest BCUT2D eigenvalue weighted by Gasteiger charge is -2.11. The van der Waals surface area contributed by atoms with Crippen LogP contribution in [0.3, 0.4) is 0 Å². The van der Waals surface area contributed by atoms with Gasteiger partial charge in [0.1, 0.15) is 5.01 Å². The van der Waals surface area contributed by atoms with Gasteiger partial charge in [-0.1, -0.05) is 22.9 Å². The van der Waals surface area contributed by atoms with E-state index in [1.165, 1.54) is 29.5 Å². The van der Waals surface area contributed by atoms with Crippen LogP contribution >= 0.6 is 22.9 Å². The van der Waals surface area contributed by atoms with Gasteiger partial charge in [-0.2, -0.15) is 0 Å². The van der Waals surface area contributed by atoms with Crippen molar-refractivity contribution in [2.75, 3.05) is 5.32 Å². The van der Waals surface area contributed by atoms with E-state index in [0.29, 0.717) is 10.1 Å². The lowest BCUT2D eigenvalue weighted by atomic mass is 10.2. The lowest BCUT2D eigenvalue weighted by molar-refractivity contribution is 0.102. The summed E-state index contributed by atoms with van der Waals surface area (Å²) in [6.45, 7) is 5.17. The smallest absolute Gasteiger partial charge is 0.259 e. The van der Waals surface area contributed by atoms with Crippen molar-refractivity contribution in [1.82, 2.24) is 14.9 Å². The van der Waals surface area contributed by atoms with Crippen molar-refractivity contribution in [3.63, 3.8) is 0 Å². The first kappa shape index (κ1) is 17.8. The van der Waals surface area contributed by atoms with E-state index < -0.39 is 15.9 Å². The van der Waals surface area contributed by atoms with E-state index in [2.05, 4.69) is 20.2 Å². The molecule has 0 aliphatic heterocycles. The molecular weight excluding hydrogens is 360 g/mol. The number of halogens is 1. The van der Waals surface area contributed by atoms with E-state index in [9.17, 15) is 13.2 Å². The third-order valence-electron chi connectivity index (χ3n) is 2.63. The molecule has 0 saturated heterocycles. The number of nitrogens with one attached hydrogen (secondary N) is 2. The molecule has 2 aromatic rings. The summed E-state index contributed by atoms with van der Waals surface area (Å²) in [5, 5.41) is 11.3. The SMILES string of the molecule is Cc1nnc(NC(=O)c2cc(S(=O)(=O)NC(C)C)ccc2Cl)s1. The average molecular weight is 375 g/mol. The van der Waals surface area contributed by atoms with Crippen LogP contribution in [0.25, 0.3) is 0 Å². The Bertz CT molecular complexity index is 833. The maximum absolute atomic E-state index is 12.3. The van der Waals surface area contributed by atoms with Gasteiger partial charge in [-0.25, -0.2) is 13.1 Å². The zero-order chi connectivity index (χ0) is 17.2. The zero-order valence-electron chi connectivity index (χ0n) is 12.6. The third-order valence-corrected chi connectivity index (χ3v) is 5.37. The fraction of sp³-hybridized carbons (Fsp3) is 0.308. The number of nitrogens with zero attached hydrogens (tertiary/aromatic N) is 2.